The fourth-order valence-electron chi connectivity index (χ4n) is 2.69. The summed E-state index contributed by atoms with van der Waals surface area (Å²) in [5.41, 5.74) is 2.79. The van der Waals surface area contributed by atoms with Gasteiger partial charge in [0, 0.05) is 31.4 Å². The third-order valence-corrected chi connectivity index (χ3v) is 3.81. The Bertz CT molecular complexity index is 723. The van der Waals surface area contributed by atoms with Gasteiger partial charge >= 0.3 is 0 Å². The summed E-state index contributed by atoms with van der Waals surface area (Å²) >= 11 is 0. The molecule has 4 heterocycles. The normalized spacial score (nSPS) is 16.3. The highest BCUT2D eigenvalue weighted by atomic mass is 15.3. The molecular formula is C14H17N7. The second-order valence-corrected chi connectivity index (χ2v) is 5.18. The molecule has 7 heteroatoms. The van der Waals surface area contributed by atoms with E-state index in [1.165, 1.54) is 0 Å². The minimum Gasteiger partial charge on any atom is -0.354 e. The summed E-state index contributed by atoms with van der Waals surface area (Å²) in [6, 6.07) is 4.07. The third kappa shape index (κ3) is 2.25. The van der Waals surface area contributed by atoms with Crippen LogP contribution in [0.1, 0.15) is 6.42 Å². The molecule has 0 aromatic carbocycles. The first-order chi connectivity index (χ1) is 10.4. The Morgan fingerprint density at radius 2 is 2.10 bits per heavy atom. The van der Waals surface area contributed by atoms with Crippen LogP contribution in [-0.2, 0) is 0 Å². The minimum atomic E-state index is 0.850. The number of rotatable bonds is 2. The number of hydrogen-bond donors (Lipinski definition) is 2. The van der Waals surface area contributed by atoms with Crippen molar-refractivity contribution in [1.82, 2.24) is 30.1 Å². The van der Waals surface area contributed by atoms with Crippen molar-refractivity contribution in [3.63, 3.8) is 0 Å². The Kier molecular flexibility index (Phi) is 3.04. The van der Waals surface area contributed by atoms with Gasteiger partial charge in [-0.1, -0.05) is 0 Å². The minimum absolute atomic E-state index is 0.850. The van der Waals surface area contributed by atoms with Crippen LogP contribution in [-0.4, -0.2) is 51.0 Å². The van der Waals surface area contributed by atoms with E-state index >= 15 is 0 Å². The van der Waals surface area contributed by atoms with Gasteiger partial charge < -0.3 is 10.2 Å². The topological polar surface area (TPSA) is 74.1 Å². The van der Waals surface area contributed by atoms with E-state index in [0.717, 1.165) is 55.3 Å². The van der Waals surface area contributed by atoms with E-state index in [1.807, 2.05) is 29.0 Å². The molecule has 3 aromatic rings. The highest BCUT2D eigenvalue weighted by Crippen LogP contribution is 2.20. The Morgan fingerprint density at radius 1 is 1.10 bits per heavy atom. The molecule has 21 heavy (non-hydrogen) atoms. The van der Waals surface area contributed by atoms with E-state index in [2.05, 4.69) is 25.4 Å². The van der Waals surface area contributed by atoms with E-state index in [1.54, 1.807) is 6.20 Å². The molecule has 3 aromatic heterocycles. The number of fused-ring (bicyclic) bond motifs is 1. The number of nitrogens with one attached hydrogen (secondary N) is 2. The van der Waals surface area contributed by atoms with Gasteiger partial charge in [-0.2, -0.15) is 5.10 Å². The largest absolute Gasteiger partial charge is 0.354 e. The smallest absolute Gasteiger partial charge is 0.154 e. The van der Waals surface area contributed by atoms with Crippen LogP contribution in [0.3, 0.4) is 0 Å². The number of anilines is 1. The lowest BCUT2D eigenvalue weighted by molar-refractivity contribution is 0.724. The molecule has 0 aliphatic carbocycles. The van der Waals surface area contributed by atoms with Crippen LogP contribution >= 0.6 is 0 Å². The third-order valence-electron chi connectivity index (χ3n) is 3.81. The van der Waals surface area contributed by atoms with Gasteiger partial charge in [0.15, 0.2) is 5.65 Å². The number of imidazole rings is 1. The van der Waals surface area contributed by atoms with Gasteiger partial charge in [0.05, 0.1) is 18.1 Å². The van der Waals surface area contributed by atoms with Crippen LogP contribution in [0.5, 0.6) is 0 Å². The summed E-state index contributed by atoms with van der Waals surface area (Å²) in [5, 5.41) is 15.0. The van der Waals surface area contributed by atoms with Crippen molar-refractivity contribution in [3.8, 4) is 11.3 Å². The summed E-state index contributed by atoms with van der Waals surface area (Å²) < 4.78 is 1.89. The SMILES string of the molecule is c1n[nH]cc1-c1cnc2ccc(N3CCCNCC3)nn12. The molecule has 1 aliphatic rings. The molecule has 4 rings (SSSR count). The molecule has 1 saturated heterocycles. The van der Waals surface area contributed by atoms with Crippen LogP contribution in [0.25, 0.3) is 16.9 Å². The summed E-state index contributed by atoms with van der Waals surface area (Å²) in [5.74, 6) is 0.994. The van der Waals surface area contributed by atoms with E-state index < -0.39 is 0 Å². The zero-order valence-electron chi connectivity index (χ0n) is 11.7. The highest BCUT2D eigenvalue weighted by molar-refractivity contribution is 5.62. The lowest BCUT2D eigenvalue weighted by atomic mass is 10.3. The van der Waals surface area contributed by atoms with Gasteiger partial charge in [-0.3, -0.25) is 5.10 Å². The maximum atomic E-state index is 4.77. The molecule has 0 bridgehead atoms. The lowest BCUT2D eigenvalue weighted by Gasteiger charge is -2.20. The molecule has 0 unspecified atom stereocenters. The molecule has 0 amide bonds. The second kappa shape index (κ2) is 5.17. The summed E-state index contributed by atoms with van der Waals surface area (Å²) in [6.07, 6.45) is 6.61. The molecule has 108 valence electrons. The first-order valence-electron chi connectivity index (χ1n) is 7.21. The number of aromatic amines is 1. The van der Waals surface area contributed by atoms with Crippen molar-refractivity contribution in [1.29, 1.82) is 0 Å². The standard InChI is InChI=1S/C14H17N7/c1-4-15-5-7-20(6-1)14-3-2-13-16-10-12(21(13)19-14)11-8-17-18-9-11/h2-3,8-10,15H,1,4-7H2,(H,17,18). The quantitative estimate of drug-likeness (QED) is 0.731. The molecule has 1 fully saturated rings. The molecule has 0 saturated carbocycles. The fraction of sp³-hybridized carbons (Fsp3) is 0.357. The van der Waals surface area contributed by atoms with E-state index in [9.17, 15) is 0 Å². The van der Waals surface area contributed by atoms with Crippen molar-refractivity contribution in [2.24, 2.45) is 0 Å². The average Bonchev–Trinajstić information content (AvgIpc) is 3.09. The van der Waals surface area contributed by atoms with Crippen LogP contribution in [0.2, 0.25) is 0 Å². The average molecular weight is 283 g/mol. The summed E-state index contributed by atoms with van der Waals surface area (Å²) in [4.78, 5) is 6.73. The molecule has 0 spiro atoms. The predicted molar refractivity (Wildman–Crippen MR) is 80.3 cm³/mol. The van der Waals surface area contributed by atoms with E-state index in [-0.39, 0.29) is 0 Å². The molecular weight excluding hydrogens is 266 g/mol. The molecule has 1 aliphatic heterocycles. The van der Waals surface area contributed by atoms with Crippen molar-refractivity contribution < 1.29 is 0 Å². The maximum absolute atomic E-state index is 4.77. The number of hydrogen-bond acceptors (Lipinski definition) is 5. The Labute approximate surface area is 122 Å². The van der Waals surface area contributed by atoms with Crippen molar-refractivity contribution >= 4 is 11.5 Å². The molecule has 7 nitrogen and oxygen atoms in total. The maximum Gasteiger partial charge on any atom is 0.154 e. The monoisotopic (exact) mass is 283 g/mol. The lowest BCUT2D eigenvalue weighted by Crippen LogP contribution is -2.29. The van der Waals surface area contributed by atoms with Crippen LogP contribution in [0, 0.1) is 0 Å². The molecule has 2 N–H and O–H groups in total. The zero-order chi connectivity index (χ0) is 14.1. The Morgan fingerprint density at radius 3 is 3.00 bits per heavy atom. The highest BCUT2D eigenvalue weighted by Gasteiger charge is 2.13. The number of nitrogens with zero attached hydrogens (tertiary/aromatic N) is 5. The Balaban J connectivity index is 1.76. The fourth-order valence-corrected chi connectivity index (χ4v) is 2.69. The van der Waals surface area contributed by atoms with E-state index in [0.29, 0.717) is 0 Å². The van der Waals surface area contributed by atoms with Gasteiger partial charge in [-0.15, -0.1) is 5.10 Å². The summed E-state index contributed by atoms with van der Waals surface area (Å²) in [7, 11) is 0. The Hall–Kier alpha value is -2.41. The van der Waals surface area contributed by atoms with Gasteiger partial charge in [0.25, 0.3) is 0 Å². The first kappa shape index (κ1) is 12.3. The summed E-state index contributed by atoms with van der Waals surface area (Å²) in [6.45, 7) is 4.08. The van der Waals surface area contributed by atoms with Crippen LogP contribution in [0.4, 0.5) is 5.82 Å². The first-order valence-corrected chi connectivity index (χ1v) is 7.21. The zero-order valence-corrected chi connectivity index (χ0v) is 11.7. The van der Waals surface area contributed by atoms with Crippen LogP contribution in [0.15, 0.2) is 30.7 Å². The second-order valence-electron chi connectivity index (χ2n) is 5.18. The van der Waals surface area contributed by atoms with Crippen molar-refractivity contribution in [2.45, 2.75) is 6.42 Å². The van der Waals surface area contributed by atoms with Crippen LogP contribution < -0.4 is 10.2 Å². The number of aromatic nitrogens is 5. The van der Waals surface area contributed by atoms with Gasteiger partial charge in [-0.25, -0.2) is 9.50 Å². The molecule has 0 radical (unpaired) electrons. The number of H-pyrrole nitrogens is 1. The molecule has 0 atom stereocenters. The van der Waals surface area contributed by atoms with Gasteiger partial charge in [-0.05, 0) is 25.1 Å². The van der Waals surface area contributed by atoms with Crippen molar-refractivity contribution in [2.75, 3.05) is 31.1 Å². The van der Waals surface area contributed by atoms with E-state index in [4.69, 9.17) is 5.10 Å². The predicted octanol–water partition coefficient (Wildman–Crippen LogP) is 0.919. The van der Waals surface area contributed by atoms with Gasteiger partial charge in [0.2, 0.25) is 0 Å². The van der Waals surface area contributed by atoms with Gasteiger partial charge in [0.1, 0.15) is 5.82 Å². The van der Waals surface area contributed by atoms with Crippen molar-refractivity contribution in [3.05, 3.63) is 30.7 Å².